The number of amides is 1. The number of rotatable bonds is 7. The van der Waals surface area contributed by atoms with Crippen LogP contribution in [-0.2, 0) is 4.79 Å². The molecule has 1 amide bonds. The Labute approximate surface area is 142 Å². The number of ether oxygens (including phenoxy) is 2. The van der Waals surface area contributed by atoms with Crippen molar-refractivity contribution in [2.75, 3.05) is 20.3 Å². The lowest BCUT2D eigenvalue weighted by Gasteiger charge is -2.12. The molecule has 0 aromatic heterocycles. The van der Waals surface area contributed by atoms with Crippen LogP contribution in [0.3, 0.4) is 0 Å². The molecule has 23 heavy (non-hydrogen) atoms. The number of carbonyl (C=O) groups is 1. The molecule has 0 unspecified atom stereocenters. The summed E-state index contributed by atoms with van der Waals surface area (Å²) in [6, 6.07) is 5.55. The molecule has 0 saturated carbocycles. The second-order valence-electron chi connectivity index (χ2n) is 5.14. The van der Waals surface area contributed by atoms with Crippen LogP contribution in [0.2, 0.25) is 0 Å². The maximum atomic E-state index is 12.4. The van der Waals surface area contributed by atoms with E-state index in [9.17, 15) is 4.79 Å². The smallest absolute Gasteiger partial charge is 0.276 e. The average molecular weight is 334 g/mol. The zero-order chi connectivity index (χ0) is 16.8. The Morgan fingerprint density at radius 3 is 2.74 bits per heavy atom. The van der Waals surface area contributed by atoms with Crippen LogP contribution in [-0.4, -0.2) is 36.2 Å². The maximum Gasteiger partial charge on any atom is 0.276 e. The van der Waals surface area contributed by atoms with E-state index in [0.717, 1.165) is 18.4 Å². The van der Waals surface area contributed by atoms with Crippen molar-refractivity contribution in [2.24, 2.45) is 0 Å². The van der Waals surface area contributed by atoms with E-state index < -0.39 is 0 Å². The molecule has 0 bridgehead atoms. The SMILES string of the molecule is CCCCN1C(=O)/C(=C\c2ccc(OCC)c(OC)c2)NC1=S. The minimum atomic E-state index is -0.0868. The molecule has 0 radical (unpaired) electrons. The van der Waals surface area contributed by atoms with Gasteiger partial charge in [-0.3, -0.25) is 9.69 Å². The number of unbranched alkanes of at least 4 members (excludes halogenated alkanes) is 1. The second-order valence-corrected chi connectivity index (χ2v) is 5.53. The van der Waals surface area contributed by atoms with Crippen molar-refractivity contribution in [2.45, 2.75) is 26.7 Å². The van der Waals surface area contributed by atoms with Gasteiger partial charge in [0.05, 0.1) is 13.7 Å². The van der Waals surface area contributed by atoms with Gasteiger partial charge in [0.15, 0.2) is 16.6 Å². The third kappa shape index (κ3) is 4.01. The molecule has 0 spiro atoms. The van der Waals surface area contributed by atoms with Gasteiger partial charge in [-0.1, -0.05) is 19.4 Å². The minimum absolute atomic E-state index is 0.0868. The summed E-state index contributed by atoms with van der Waals surface area (Å²) in [4.78, 5) is 14.0. The number of hydrogen-bond donors (Lipinski definition) is 1. The Bertz CT molecular complexity index is 628. The Morgan fingerprint density at radius 1 is 1.30 bits per heavy atom. The van der Waals surface area contributed by atoms with Crippen LogP contribution in [0.1, 0.15) is 32.3 Å². The quantitative estimate of drug-likeness (QED) is 0.614. The van der Waals surface area contributed by atoms with Gasteiger partial charge in [-0.2, -0.15) is 0 Å². The van der Waals surface area contributed by atoms with E-state index in [4.69, 9.17) is 21.7 Å². The number of carbonyl (C=O) groups excluding carboxylic acids is 1. The molecule has 1 saturated heterocycles. The van der Waals surface area contributed by atoms with Crippen molar-refractivity contribution >= 4 is 29.3 Å². The fourth-order valence-corrected chi connectivity index (χ4v) is 2.59. The largest absolute Gasteiger partial charge is 0.493 e. The van der Waals surface area contributed by atoms with E-state index in [2.05, 4.69) is 12.2 Å². The molecule has 6 heteroatoms. The van der Waals surface area contributed by atoms with Gasteiger partial charge >= 0.3 is 0 Å². The summed E-state index contributed by atoms with van der Waals surface area (Å²) in [7, 11) is 1.59. The van der Waals surface area contributed by atoms with Crippen molar-refractivity contribution in [3.63, 3.8) is 0 Å². The zero-order valence-corrected chi connectivity index (χ0v) is 14.5. The Morgan fingerprint density at radius 2 is 2.09 bits per heavy atom. The van der Waals surface area contributed by atoms with Crippen molar-refractivity contribution in [3.8, 4) is 11.5 Å². The molecule has 1 heterocycles. The van der Waals surface area contributed by atoms with Gasteiger partial charge < -0.3 is 14.8 Å². The lowest BCUT2D eigenvalue weighted by Crippen LogP contribution is -2.31. The van der Waals surface area contributed by atoms with Gasteiger partial charge in [0.2, 0.25) is 0 Å². The van der Waals surface area contributed by atoms with Crippen molar-refractivity contribution in [1.82, 2.24) is 10.2 Å². The topological polar surface area (TPSA) is 50.8 Å². The molecule has 1 N–H and O–H groups in total. The molecule has 1 aliphatic heterocycles. The number of methoxy groups -OCH3 is 1. The fourth-order valence-electron chi connectivity index (χ4n) is 2.31. The molecule has 1 aromatic carbocycles. The summed E-state index contributed by atoms with van der Waals surface area (Å²) in [5.41, 5.74) is 1.33. The summed E-state index contributed by atoms with van der Waals surface area (Å²) in [6.07, 6.45) is 3.72. The number of benzene rings is 1. The standard InChI is InChI=1S/C17H22N2O3S/c1-4-6-9-19-16(20)13(18-17(19)23)10-12-7-8-14(22-5-2)15(11-12)21-3/h7-8,10-11H,4-6,9H2,1-3H3,(H,18,23)/b13-10+. The van der Waals surface area contributed by atoms with Crippen LogP contribution in [0.25, 0.3) is 6.08 Å². The molecule has 0 atom stereocenters. The predicted octanol–water partition coefficient (Wildman–Crippen LogP) is 2.95. The predicted molar refractivity (Wildman–Crippen MR) is 94.5 cm³/mol. The van der Waals surface area contributed by atoms with E-state index in [1.165, 1.54) is 0 Å². The molecular formula is C17H22N2O3S. The van der Waals surface area contributed by atoms with Gasteiger partial charge in [-0.15, -0.1) is 0 Å². The van der Waals surface area contributed by atoms with E-state index in [0.29, 0.717) is 35.5 Å². The summed E-state index contributed by atoms with van der Waals surface area (Å²) in [5.74, 6) is 1.23. The highest BCUT2D eigenvalue weighted by Crippen LogP contribution is 2.29. The molecule has 1 aromatic rings. The van der Waals surface area contributed by atoms with E-state index >= 15 is 0 Å². The highest BCUT2D eigenvalue weighted by Gasteiger charge is 2.29. The Balaban J connectivity index is 2.21. The third-order valence-electron chi connectivity index (χ3n) is 3.50. The van der Waals surface area contributed by atoms with Crippen LogP contribution in [0.15, 0.2) is 23.9 Å². The summed E-state index contributed by atoms with van der Waals surface area (Å²) in [6.45, 7) is 5.21. The van der Waals surface area contributed by atoms with Crippen LogP contribution >= 0.6 is 12.2 Å². The maximum absolute atomic E-state index is 12.4. The average Bonchev–Trinajstić information content (AvgIpc) is 2.81. The summed E-state index contributed by atoms with van der Waals surface area (Å²) >= 11 is 5.24. The lowest BCUT2D eigenvalue weighted by molar-refractivity contribution is -0.122. The van der Waals surface area contributed by atoms with E-state index in [1.807, 2.05) is 25.1 Å². The van der Waals surface area contributed by atoms with Crippen molar-refractivity contribution in [3.05, 3.63) is 29.5 Å². The normalized spacial score (nSPS) is 16.0. The van der Waals surface area contributed by atoms with Crippen LogP contribution in [0.5, 0.6) is 11.5 Å². The van der Waals surface area contributed by atoms with Gasteiger partial charge in [0, 0.05) is 6.54 Å². The molecule has 5 nitrogen and oxygen atoms in total. The minimum Gasteiger partial charge on any atom is -0.493 e. The number of thiocarbonyl (C=S) groups is 1. The first kappa shape index (κ1) is 17.3. The van der Waals surface area contributed by atoms with Gasteiger partial charge in [-0.25, -0.2) is 0 Å². The third-order valence-corrected chi connectivity index (χ3v) is 3.82. The molecular weight excluding hydrogens is 312 g/mol. The van der Waals surface area contributed by atoms with Crippen molar-refractivity contribution < 1.29 is 14.3 Å². The van der Waals surface area contributed by atoms with E-state index in [1.54, 1.807) is 18.1 Å². The first-order valence-electron chi connectivity index (χ1n) is 7.76. The van der Waals surface area contributed by atoms with Crippen LogP contribution in [0.4, 0.5) is 0 Å². The number of nitrogens with zero attached hydrogens (tertiary/aromatic N) is 1. The first-order chi connectivity index (χ1) is 11.1. The molecule has 0 aliphatic carbocycles. The molecule has 2 rings (SSSR count). The van der Waals surface area contributed by atoms with E-state index in [-0.39, 0.29) is 5.91 Å². The zero-order valence-electron chi connectivity index (χ0n) is 13.7. The van der Waals surface area contributed by atoms with Gasteiger partial charge in [0.1, 0.15) is 5.70 Å². The molecule has 1 aliphatic rings. The Kier molecular flexibility index (Phi) is 5.98. The Hall–Kier alpha value is -2.08. The highest BCUT2D eigenvalue weighted by atomic mass is 32.1. The van der Waals surface area contributed by atoms with Crippen molar-refractivity contribution in [1.29, 1.82) is 0 Å². The first-order valence-corrected chi connectivity index (χ1v) is 8.16. The fraction of sp³-hybridized carbons (Fsp3) is 0.412. The lowest BCUT2D eigenvalue weighted by atomic mass is 10.1. The van der Waals surface area contributed by atoms with Gasteiger partial charge in [0.25, 0.3) is 5.91 Å². The molecule has 1 fully saturated rings. The molecule has 124 valence electrons. The summed E-state index contributed by atoms with van der Waals surface area (Å²) in [5, 5.41) is 3.45. The number of nitrogens with one attached hydrogen (secondary N) is 1. The van der Waals surface area contributed by atoms with Crippen LogP contribution < -0.4 is 14.8 Å². The van der Waals surface area contributed by atoms with Gasteiger partial charge in [-0.05, 0) is 49.3 Å². The second kappa shape index (κ2) is 7.97. The summed E-state index contributed by atoms with van der Waals surface area (Å²) < 4.78 is 10.8. The number of hydrogen-bond acceptors (Lipinski definition) is 4. The highest BCUT2D eigenvalue weighted by molar-refractivity contribution is 7.80. The monoisotopic (exact) mass is 334 g/mol. The van der Waals surface area contributed by atoms with Crippen LogP contribution in [0, 0.1) is 0 Å².